The van der Waals surface area contributed by atoms with Crippen molar-refractivity contribution >= 4 is 34.8 Å². The van der Waals surface area contributed by atoms with Crippen LogP contribution >= 0.6 is 22.9 Å². The van der Waals surface area contributed by atoms with Crippen molar-refractivity contribution in [1.29, 1.82) is 0 Å². The number of carbonyl (C=O) groups excluding carboxylic acids is 2. The van der Waals surface area contributed by atoms with Crippen molar-refractivity contribution in [2.24, 2.45) is 0 Å². The number of methoxy groups -OCH3 is 1. The number of aryl methyl sites for hydroxylation is 1. The van der Waals surface area contributed by atoms with E-state index in [9.17, 15) is 9.59 Å². The van der Waals surface area contributed by atoms with Crippen LogP contribution in [0.2, 0.25) is 5.02 Å². The first-order chi connectivity index (χ1) is 14.0. The first-order valence-electron chi connectivity index (χ1n) is 8.87. The Bertz CT molecular complexity index is 1000. The fraction of sp³-hybridized carbons (Fsp3) is 0.190. The Morgan fingerprint density at radius 3 is 2.41 bits per heavy atom. The van der Waals surface area contributed by atoms with E-state index in [2.05, 4.69) is 15.6 Å². The molecule has 3 aromatic rings. The van der Waals surface area contributed by atoms with Gasteiger partial charge in [-0.3, -0.25) is 9.59 Å². The number of hydrogen-bond donors (Lipinski definition) is 2. The minimum atomic E-state index is -0.320. The molecule has 0 radical (unpaired) electrons. The van der Waals surface area contributed by atoms with Gasteiger partial charge in [0.05, 0.1) is 19.3 Å². The zero-order chi connectivity index (χ0) is 20.8. The lowest BCUT2D eigenvalue weighted by Gasteiger charge is -2.07. The largest absolute Gasteiger partial charge is 0.497 e. The molecule has 0 spiro atoms. The Morgan fingerprint density at radius 1 is 1.07 bits per heavy atom. The van der Waals surface area contributed by atoms with Gasteiger partial charge in [0.2, 0.25) is 5.91 Å². The number of aromatic nitrogens is 1. The Kier molecular flexibility index (Phi) is 6.85. The number of carbonyl (C=O) groups is 2. The minimum absolute atomic E-state index is 0.109. The fourth-order valence-corrected chi connectivity index (χ4v) is 3.68. The lowest BCUT2D eigenvalue weighted by Crippen LogP contribution is -2.36. The van der Waals surface area contributed by atoms with Crippen LogP contribution in [0, 0.1) is 6.92 Å². The Balaban J connectivity index is 1.53. The van der Waals surface area contributed by atoms with E-state index in [1.54, 1.807) is 26.2 Å². The predicted molar refractivity (Wildman–Crippen MR) is 114 cm³/mol. The normalized spacial score (nSPS) is 10.4. The van der Waals surface area contributed by atoms with Gasteiger partial charge >= 0.3 is 0 Å². The average Bonchev–Trinajstić information content (AvgIpc) is 3.13. The van der Waals surface area contributed by atoms with E-state index in [0.29, 0.717) is 22.1 Å². The van der Waals surface area contributed by atoms with E-state index in [1.165, 1.54) is 11.3 Å². The molecule has 6 nitrogen and oxygen atoms in total. The number of thiazole rings is 1. The number of benzene rings is 2. The van der Waals surface area contributed by atoms with Crippen LogP contribution < -0.4 is 15.4 Å². The zero-order valence-corrected chi connectivity index (χ0v) is 17.6. The molecule has 3 rings (SSSR count). The van der Waals surface area contributed by atoms with Gasteiger partial charge < -0.3 is 15.4 Å². The van der Waals surface area contributed by atoms with Gasteiger partial charge in [0.15, 0.2) is 0 Å². The third-order valence-corrected chi connectivity index (χ3v) is 5.61. The van der Waals surface area contributed by atoms with E-state index in [-0.39, 0.29) is 18.4 Å². The first kappa shape index (κ1) is 20.8. The van der Waals surface area contributed by atoms with Crippen LogP contribution in [-0.2, 0) is 11.3 Å². The van der Waals surface area contributed by atoms with Crippen molar-refractivity contribution in [2.75, 3.05) is 13.7 Å². The Hall–Kier alpha value is -2.90. The van der Waals surface area contributed by atoms with Crippen molar-refractivity contribution in [3.63, 3.8) is 0 Å². The third-order valence-electron chi connectivity index (χ3n) is 4.15. The van der Waals surface area contributed by atoms with Crippen LogP contribution in [0.1, 0.15) is 20.9 Å². The molecule has 2 N–H and O–H groups in total. The molecule has 1 aromatic heterocycles. The van der Waals surface area contributed by atoms with Gasteiger partial charge in [-0.2, -0.15) is 0 Å². The summed E-state index contributed by atoms with van der Waals surface area (Å²) in [5.74, 6) is 0.166. The topological polar surface area (TPSA) is 80.3 Å². The lowest BCUT2D eigenvalue weighted by molar-refractivity contribution is -0.120. The molecule has 0 aliphatic carbocycles. The second kappa shape index (κ2) is 9.54. The second-order valence-corrected chi connectivity index (χ2v) is 7.68. The highest BCUT2D eigenvalue weighted by molar-refractivity contribution is 7.17. The molecule has 2 amide bonds. The SMILES string of the molecule is COc1ccc(CNC(=O)CNC(=O)c2sc(-c3ccc(Cl)cc3)nc2C)cc1. The number of nitrogens with one attached hydrogen (secondary N) is 2. The van der Waals surface area contributed by atoms with Gasteiger partial charge in [-0.25, -0.2) is 4.98 Å². The molecular weight excluding hydrogens is 410 g/mol. The van der Waals surface area contributed by atoms with E-state index >= 15 is 0 Å². The second-order valence-electron chi connectivity index (χ2n) is 6.25. The van der Waals surface area contributed by atoms with Gasteiger partial charge in [0.1, 0.15) is 15.6 Å². The molecule has 0 atom stereocenters. The van der Waals surface area contributed by atoms with Gasteiger partial charge in [-0.15, -0.1) is 11.3 Å². The Morgan fingerprint density at radius 2 is 1.76 bits per heavy atom. The number of nitrogens with zero attached hydrogens (tertiary/aromatic N) is 1. The van der Waals surface area contributed by atoms with Gasteiger partial charge in [0.25, 0.3) is 5.91 Å². The summed E-state index contributed by atoms with van der Waals surface area (Å²) in [5, 5.41) is 6.79. The summed E-state index contributed by atoms with van der Waals surface area (Å²) in [5.41, 5.74) is 2.45. The van der Waals surface area contributed by atoms with Crippen molar-refractivity contribution in [3.8, 4) is 16.3 Å². The maximum absolute atomic E-state index is 12.5. The smallest absolute Gasteiger partial charge is 0.263 e. The van der Waals surface area contributed by atoms with Crippen molar-refractivity contribution in [3.05, 3.63) is 69.7 Å². The molecular formula is C21H20ClN3O3S. The number of amides is 2. The molecule has 0 fully saturated rings. The van der Waals surface area contributed by atoms with Gasteiger partial charge in [0, 0.05) is 17.1 Å². The minimum Gasteiger partial charge on any atom is -0.497 e. The van der Waals surface area contributed by atoms with Gasteiger partial charge in [-0.05, 0) is 36.8 Å². The van der Waals surface area contributed by atoms with Crippen LogP contribution in [0.5, 0.6) is 5.75 Å². The highest BCUT2D eigenvalue weighted by Gasteiger charge is 2.17. The summed E-state index contributed by atoms with van der Waals surface area (Å²) in [6.07, 6.45) is 0. The Labute approximate surface area is 177 Å². The summed E-state index contributed by atoms with van der Waals surface area (Å²) in [4.78, 5) is 29.4. The quantitative estimate of drug-likeness (QED) is 0.598. The lowest BCUT2D eigenvalue weighted by atomic mass is 10.2. The number of rotatable bonds is 7. The van der Waals surface area contributed by atoms with Crippen LogP contribution in [0.15, 0.2) is 48.5 Å². The van der Waals surface area contributed by atoms with Crippen molar-refractivity contribution in [1.82, 2.24) is 15.6 Å². The average molecular weight is 430 g/mol. The third kappa shape index (κ3) is 5.56. The molecule has 0 unspecified atom stereocenters. The monoisotopic (exact) mass is 429 g/mol. The summed E-state index contributed by atoms with van der Waals surface area (Å²) in [7, 11) is 1.60. The van der Waals surface area contributed by atoms with Crippen molar-refractivity contribution in [2.45, 2.75) is 13.5 Å². The first-order valence-corrected chi connectivity index (χ1v) is 10.1. The van der Waals surface area contributed by atoms with E-state index in [0.717, 1.165) is 21.9 Å². The van der Waals surface area contributed by atoms with E-state index < -0.39 is 0 Å². The molecule has 8 heteroatoms. The summed E-state index contributed by atoms with van der Waals surface area (Å²) >= 11 is 7.19. The van der Waals surface area contributed by atoms with Crippen molar-refractivity contribution < 1.29 is 14.3 Å². The summed E-state index contributed by atoms with van der Waals surface area (Å²) < 4.78 is 5.10. The molecule has 0 aliphatic heterocycles. The molecule has 0 saturated carbocycles. The molecule has 0 aliphatic rings. The summed E-state index contributed by atoms with van der Waals surface area (Å²) in [6.45, 7) is 2.04. The van der Waals surface area contributed by atoms with Crippen LogP contribution in [0.4, 0.5) is 0 Å². The molecule has 1 heterocycles. The standard InChI is InChI=1S/C21H20ClN3O3S/c1-13-19(29-21(25-13)15-5-7-16(22)8-6-15)20(27)24-12-18(26)23-11-14-3-9-17(28-2)10-4-14/h3-10H,11-12H2,1-2H3,(H,23,26)(H,24,27). The summed E-state index contributed by atoms with van der Waals surface area (Å²) in [6, 6.07) is 14.7. The highest BCUT2D eigenvalue weighted by atomic mass is 35.5. The fourth-order valence-electron chi connectivity index (χ4n) is 2.57. The molecule has 2 aromatic carbocycles. The van der Waals surface area contributed by atoms with Crippen LogP contribution in [0.25, 0.3) is 10.6 Å². The zero-order valence-electron chi connectivity index (χ0n) is 16.0. The maximum atomic E-state index is 12.5. The molecule has 0 saturated heterocycles. The predicted octanol–water partition coefficient (Wildman–Crippen LogP) is 3.83. The maximum Gasteiger partial charge on any atom is 0.263 e. The van der Waals surface area contributed by atoms with Crippen LogP contribution in [0.3, 0.4) is 0 Å². The molecule has 0 bridgehead atoms. The van der Waals surface area contributed by atoms with E-state index in [1.807, 2.05) is 36.4 Å². The number of halogens is 1. The highest BCUT2D eigenvalue weighted by Crippen LogP contribution is 2.28. The number of hydrogen-bond acceptors (Lipinski definition) is 5. The molecule has 150 valence electrons. The number of ether oxygens (including phenoxy) is 1. The van der Waals surface area contributed by atoms with Crippen LogP contribution in [-0.4, -0.2) is 30.5 Å². The van der Waals surface area contributed by atoms with E-state index in [4.69, 9.17) is 16.3 Å². The van der Waals surface area contributed by atoms with Gasteiger partial charge in [-0.1, -0.05) is 35.9 Å². The molecule has 29 heavy (non-hydrogen) atoms.